The lowest BCUT2D eigenvalue weighted by Gasteiger charge is -2.36. The van der Waals surface area contributed by atoms with Crippen molar-refractivity contribution in [2.24, 2.45) is 11.3 Å². The number of amides is 1. The van der Waals surface area contributed by atoms with Crippen LogP contribution in [-0.2, 0) is 17.8 Å². The van der Waals surface area contributed by atoms with Gasteiger partial charge in [-0.25, -0.2) is 4.98 Å². The molecule has 1 aromatic heterocycles. The highest BCUT2D eigenvalue weighted by molar-refractivity contribution is 5.85. The van der Waals surface area contributed by atoms with Gasteiger partial charge in [-0.1, -0.05) is 30.3 Å². The van der Waals surface area contributed by atoms with Crippen LogP contribution >= 0.6 is 0 Å². The Labute approximate surface area is 161 Å². The summed E-state index contributed by atoms with van der Waals surface area (Å²) in [7, 11) is 0. The maximum Gasteiger partial charge on any atom is 0.230 e. The predicted molar refractivity (Wildman–Crippen MR) is 104 cm³/mol. The first-order valence-corrected chi connectivity index (χ1v) is 10.1. The lowest BCUT2D eigenvalue weighted by atomic mass is 9.87. The Bertz CT molecular complexity index is 732. The van der Waals surface area contributed by atoms with E-state index in [2.05, 4.69) is 17.1 Å². The second kappa shape index (κ2) is 7.85. The van der Waals surface area contributed by atoms with Crippen molar-refractivity contribution in [2.75, 3.05) is 13.1 Å². The zero-order valence-electron chi connectivity index (χ0n) is 15.8. The van der Waals surface area contributed by atoms with E-state index in [4.69, 9.17) is 0 Å². The molecular weight excluding hydrogens is 338 g/mol. The number of rotatable bonds is 7. The molecule has 1 N–H and O–H groups in total. The molecule has 2 aliphatic rings. The molecular formula is C22H29N3O2. The minimum atomic E-state index is -0.275. The summed E-state index contributed by atoms with van der Waals surface area (Å²) in [5, 5.41) is 10.6. The molecule has 4 rings (SSSR count). The van der Waals surface area contributed by atoms with E-state index in [-0.39, 0.29) is 11.5 Å². The van der Waals surface area contributed by atoms with Gasteiger partial charge < -0.3 is 14.6 Å². The van der Waals surface area contributed by atoms with Gasteiger partial charge in [0.05, 0.1) is 17.8 Å². The lowest BCUT2D eigenvalue weighted by molar-refractivity contribution is -0.139. The molecule has 5 heteroatoms. The molecule has 5 nitrogen and oxygen atoms in total. The van der Waals surface area contributed by atoms with E-state index < -0.39 is 0 Å². The smallest absolute Gasteiger partial charge is 0.230 e. The molecule has 2 aromatic rings. The third-order valence-corrected chi connectivity index (χ3v) is 6.29. The summed E-state index contributed by atoms with van der Waals surface area (Å²) < 4.78 is 2.02. The second-order valence-electron chi connectivity index (χ2n) is 8.24. The van der Waals surface area contributed by atoms with E-state index in [0.29, 0.717) is 11.8 Å². The van der Waals surface area contributed by atoms with Gasteiger partial charge in [0.1, 0.15) is 0 Å². The molecule has 0 spiro atoms. The molecule has 1 saturated heterocycles. The summed E-state index contributed by atoms with van der Waals surface area (Å²) in [4.78, 5) is 19.1. The van der Waals surface area contributed by atoms with E-state index in [1.54, 1.807) is 12.5 Å². The standard InChI is InChI=1S/C22H29N3O2/c26-20(7-6-18-4-2-1-3-5-18)19-8-13-25(14-9-19)21(27)22(10-11-22)16-24-15-12-23-17-24/h1-5,12,15,17,19-20,26H,6-11,13-14,16H2. The van der Waals surface area contributed by atoms with Crippen molar-refractivity contribution in [3.63, 3.8) is 0 Å². The molecule has 144 valence electrons. The number of nitrogens with zero attached hydrogens (tertiary/aromatic N) is 3. The third-order valence-electron chi connectivity index (χ3n) is 6.29. The van der Waals surface area contributed by atoms with Crippen LogP contribution in [0.15, 0.2) is 49.1 Å². The van der Waals surface area contributed by atoms with Crippen LogP contribution < -0.4 is 0 Å². The number of aliphatic hydroxyl groups is 1. The first-order chi connectivity index (χ1) is 13.2. The lowest BCUT2D eigenvalue weighted by Crippen LogP contribution is -2.45. The van der Waals surface area contributed by atoms with E-state index in [1.165, 1.54) is 5.56 Å². The summed E-state index contributed by atoms with van der Waals surface area (Å²) in [6.07, 6.45) is 10.7. The van der Waals surface area contributed by atoms with Crippen LogP contribution in [0.2, 0.25) is 0 Å². The SMILES string of the molecule is O=C(N1CCC(C(O)CCc2ccccc2)CC1)C1(Cn2ccnc2)CC1. The van der Waals surface area contributed by atoms with Crippen LogP contribution in [0.25, 0.3) is 0 Å². The average molecular weight is 367 g/mol. The maximum absolute atomic E-state index is 13.0. The number of aryl methyl sites for hydroxylation is 1. The Balaban J connectivity index is 1.25. The topological polar surface area (TPSA) is 58.4 Å². The molecule has 1 aliphatic heterocycles. The van der Waals surface area contributed by atoms with Crippen LogP contribution in [0.4, 0.5) is 0 Å². The van der Waals surface area contributed by atoms with Crippen LogP contribution in [0.1, 0.15) is 37.7 Å². The molecule has 2 heterocycles. The highest BCUT2D eigenvalue weighted by atomic mass is 16.3. The Hall–Kier alpha value is -2.14. The fourth-order valence-electron chi connectivity index (χ4n) is 4.34. The maximum atomic E-state index is 13.0. The van der Waals surface area contributed by atoms with Crippen molar-refractivity contribution in [1.29, 1.82) is 0 Å². The van der Waals surface area contributed by atoms with Crippen molar-refractivity contribution in [1.82, 2.24) is 14.5 Å². The molecule has 1 unspecified atom stereocenters. The first kappa shape index (κ1) is 18.2. The number of aliphatic hydroxyl groups excluding tert-OH is 1. The number of benzene rings is 1. The largest absolute Gasteiger partial charge is 0.393 e. The van der Waals surface area contributed by atoms with E-state index in [1.807, 2.05) is 33.9 Å². The van der Waals surface area contributed by atoms with Gasteiger partial charge in [-0.3, -0.25) is 4.79 Å². The summed E-state index contributed by atoms with van der Waals surface area (Å²) >= 11 is 0. The minimum Gasteiger partial charge on any atom is -0.393 e. The van der Waals surface area contributed by atoms with Crippen LogP contribution in [0.3, 0.4) is 0 Å². The highest BCUT2D eigenvalue weighted by Crippen LogP contribution is 2.49. The van der Waals surface area contributed by atoms with Gasteiger partial charge in [0.25, 0.3) is 0 Å². The van der Waals surface area contributed by atoms with Gasteiger partial charge in [0.15, 0.2) is 0 Å². The summed E-state index contributed by atoms with van der Waals surface area (Å²) in [6, 6.07) is 10.3. The van der Waals surface area contributed by atoms with Crippen molar-refractivity contribution < 1.29 is 9.90 Å². The average Bonchev–Trinajstić information content (AvgIpc) is 3.31. The second-order valence-corrected chi connectivity index (χ2v) is 8.24. The van der Waals surface area contributed by atoms with Crippen molar-refractivity contribution in [2.45, 2.75) is 51.2 Å². The summed E-state index contributed by atoms with van der Waals surface area (Å²) in [6.45, 7) is 2.29. The van der Waals surface area contributed by atoms with Gasteiger partial charge >= 0.3 is 0 Å². The summed E-state index contributed by atoms with van der Waals surface area (Å²) in [5.41, 5.74) is 1.07. The Morgan fingerprint density at radius 2 is 1.96 bits per heavy atom. The van der Waals surface area contributed by atoms with Gasteiger partial charge in [-0.15, -0.1) is 0 Å². The van der Waals surface area contributed by atoms with Crippen molar-refractivity contribution >= 4 is 5.91 Å². The molecule has 27 heavy (non-hydrogen) atoms. The Morgan fingerprint density at radius 1 is 1.22 bits per heavy atom. The molecule has 1 saturated carbocycles. The summed E-state index contributed by atoms with van der Waals surface area (Å²) in [5.74, 6) is 0.606. The monoisotopic (exact) mass is 367 g/mol. The van der Waals surface area contributed by atoms with Gasteiger partial charge in [-0.2, -0.15) is 0 Å². The van der Waals surface area contributed by atoms with E-state index >= 15 is 0 Å². The Morgan fingerprint density at radius 3 is 2.59 bits per heavy atom. The zero-order chi connectivity index (χ0) is 18.7. The number of aromatic nitrogens is 2. The van der Waals surface area contributed by atoms with Crippen LogP contribution in [0.5, 0.6) is 0 Å². The first-order valence-electron chi connectivity index (χ1n) is 10.1. The highest BCUT2D eigenvalue weighted by Gasteiger charge is 2.52. The molecule has 0 radical (unpaired) electrons. The fourth-order valence-corrected chi connectivity index (χ4v) is 4.34. The van der Waals surface area contributed by atoms with Crippen molar-refractivity contribution in [3.8, 4) is 0 Å². The van der Waals surface area contributed by atoms with Gasteiger partial charge in [0.2, 0.25) is 5.91 Å². The molecule has 1 aromatic carbocycles. The molecule has 2 fully saturated rings. The number of carbonyl (C=O) groups is 1. The fraction of sp³-hybridized carbons (Fsp3) is 0.545. The number of piperidine rings is 1. The van der Waals surface area contributed by atoms with Gasteiger partial charge in [-0.05, 0) is 50.0 Å². The number of hydrogen-bond donors (Lipinski definition) is 1. The third kappa shape index (κ3) is 4.24. The van der Waals surface area contributed by atoms with Crippen LogP contribution in [0, 0.1) is 11.3 Å². The van der Waals surface area contributed by atoms with E-state index in [9.17, 15) is 9.90 Å². The van der Waals surface area contributed by atoms with Crippen molar-refractivity contribution in [3.05, 3.63) is 54.6 Å². The molecule has 1 atom stereocenters. The Kier molecular flexibility index (Phi) is 5.30. The molecule has 0 bridgehead atoms. The minimum absolute atomic E-state index is 0.209. The van der Waals surface area contributed by atoms with Crippen LogP contribution in [-0.4, -0.2) is 44.7 Å². The number of likely N-dealkylation sites (tertiary alicyclic amines) is 1. The molecule has 1 aliphatic carbocycles. The number of imidazole rings is 1. The van der Waals surface area contributed by atoms with E-state index in [0.717, 1.165) is 58.2 Å². The number of carbonyl (C=O) groups excluding carboxylic acids is 1. The quantitative estimate of drug-likeness (QED) is 0.819. The number of hydrogen-bond acceptors (Lipinski definition) is 3. The molecule has 1 amide bonds. The predicted octanol–water partition coefficient (Wildman–Crippen LogP) is 2.90. The van der Waals surface area contributed by atoms with Gasteiger partial charge in [0, 0.05) is 32.0 Å². The zero-order valence-corrected chi connectivity index (χ0v) is 15.8. The normalized spacial score (nSPS) is 20.4.